The monoisotopic (exact) mass is 456 g/mol. The first-order chi connectivity index (χ1) is 17.1. The normalized spacial score (nSPS) is 14.2. The van der Waals surface area contributed by atoms with Gasteiger partial charge >= 0.3 is 0 Å². The SMILES string of the molecule is COc1ccc(C2c3c(c(C#N)c(N)c(C#N)c3-c3ccccc3)C(=O)N2c2ccccc2)cc1. The highest BCUT2D eigenvalue weighted by Crippen LogP contribution is 2.50. The number of nitriles is 2. The molecular weight excluding hydrogens is 436 g/mol. The molecule has 4 aromatic rings. The minimum absolute atomic E-state index is 0.0179. The molecule has 1 atom stereocenters. The van der Waals surface area contributed by atoms with Crippen molar-refractivity contribution in [3.8, 4) is 29.0 Å². The van der Waals surface area contributed by atoms with E-state index < -0.39 is 6.04 Å². The topological polar surface area (TPSA) is 103 Å². The Morgan fingerprint density at radius 3 is 1.97 bits per heavy atom. The fourth-order valence-electron chi connectivity index (χ4n) is 4.74. The molecule has 0 radical (unpaired) electrons. The van der Waals surface area contributed by atoms with Crippen LogP contribution in [0.25, 0.3) is 11.1 Å². The van der Waals surface area contributed by atoms with Crippen molar-refractivity contribution < 1.29 is 9.53 Å². The predicted octanol–water partition coefficient (Wildman–Crippen LogP) is 5.44. The third-order valence-electron chi connectivity index (χ3n) is 6.29. The quantitative estimate of drug-likeness (QED) is 0.412. The summed E-state index contributed by atoms with van der Waals surface area (Å²) in [4.78, 5) is 15.7. The molecule has 0 aliphatic carbocycles. The fourth-order valence-corrected chi connectivity index (χ4v) is 4.74. The molecule has 6 heteroatoms. The lowest BCUT2D eigenvalue weighted by atomic mass is 9.84. The molecule has 1 aliphatic rings. The van der Waals surface area contributed by atoms with Crippen molar-refractivity contribution in [2.75, 3.05) is 17.7 Å². The third-order valence-corrected chi connectivity index (χ3v) is 6.29. The van der Waals surface area contributed by atoms with Gasteiger partial charge in [0.15, 0.2) is 0 Å². The summed E-state index contributed by atoms with van der Waals surface area (Å²) < 4.78 is 5.33. The van der Waals surface area contributed by atoms with Crippen molar-refractivity contribution in [3.05, 3.63) is 113 Å². The van der Waals surface area contributed by atoms with Gasteiger partial charge in [0.1, 0.15) is 17.9 Å². The fraction of sp³-hybridized carbons (Fsp3) is 0.0690. The number of ether oxygens (including phenoxy) is 1. The molecule has 35 heavy (non-hydrogen) atoms. The Labute approximate surface area is 203 Å². The summed E-state index contributed by atoms with van der Waals surface area (Å²) >= 11 is 0. The first kappa shape index (κ1) is 21.8. The lowest BCUT2D eigenvalue weighted by molar-refractivity contribution is 0.0993. The Balaban J connectivity index is 1.92. The van der Waals surface area contributed by atoms with Gasteiger partial charge in [-0.15, -0.1) is 0 Å². The van der Waals surface area contributed by atoms with Crippen LogP contribution < -0.4 is 15.4 Å². The zero-order valence-corrected chi connectivity index (χ0v) is 18.9. The molecule has 0 saturated carbocycles. The maximum Gasteiger partial charge on any atom is 0.260 e. The van der Waals surface area contributed by atoms with Crippen LogP contribution in [-0.4, -0.2) is 13.0 Å². The first-order valence-electron chi connectivity index (χ1n) is 11.0. The number of nitrogens with zero attached hydrogens (tertiary/aromatic N) is 3. The molecular formula is C29H20N4O2. The van der Waals surface area contributed by atoms with Gasteiger partial charge in [0.2, 0.25) is 0 Å². The molecule has 0 bridgehead atoms. The molecule has 6 nitrogen and oxygen atoms in total. The van der Waals surface area contributed by atoms with Gasteiger partial charge in [0.05, 0.1) is 35.5 Å². The predicted molar refractivity (Wildman–Crippen MR) is 134 cm³/mol. The third kappa shape index (κ3) is 3.37. The van der Waals surface area contributed by atoms with Crippen LogP contribution in [0.3, 0.4) is 0 Å². The van der Waals surface area contributed by atoms with Crippen LogP contribution in [0.5, 0.6) is 5.75 Å². The highest BCUT2D eigenvalue weighted by atomic mass is 16.5. The summed E-state index contributed by atoms with van der Waals surface area (Å²) in [5.41, 5.74) is 10.2. The van der Waals surface area contributed by atoms with Crippen molar-refractivity contribution in [2.24, 2.45) is 0 Å². The average molecular weight is 457 g/mol. The molecule has 0 fully saturated rings. The van der Waals surface area contributed by atoms with E-state index in [1.54, 1.807) is 12.0 Å². The molecule has 0 spiro atoms. The number of nitrogens with two attached hydrogens (primary N) is 1. The van der Waals surface area contributed by atoms with E-state index in [9.17, 15) is 15.3 Å². The van der Waals surface area contributed by atoms with Crippen LogP contribution in [-0.2, 0) is 0 Å². The van der Waals surface area contributed by atoms with E-state index >= 15 is 0 Å². The van der Waals surface area contributed by atoms with Gasteiger partial charge in [-0.1, -0.05) is 60.7 Å². The number of carbonyl (C=O) groups is 1. The summed E-state index contributed by atoms with van der Waals surface area (Å²) in [7, 11) is 1.59. The lowest BCUT2D eigenvalue weighted by Gasteiger charge is -2.27. The van der Waals surface area contributed by atoms with E-state index in [4.69, 9.17) is 10.5 Å². The van der Waals surface area contributed by atoms with Gasteiger partial charge in [-0.2, -0.15) is 10.5 Å². The molecule has 2 N–H and O–H groups in total. The van der Waals surface area contributed by atoms with Crippen molar-refractivity contribution in [1.29, 1.82) is 10.5 Å². The van der Waals surface area contributed by atoms with E-state index in [-0.39, 0.29) is 28.3 Å². The van der Waals surface area contributed by atoms with Crippen LogP contribution >= 0.6 is 0 Å². The number of fused-ring (bicyclic) bond motifs is 1. The molecule has 4 aromatic carbocycles. The van der Waals surface area contributed by atoms with E-state index in [1.807, 2.05) is 84.9 Å². The Morgan fingerprint density at radius 1 is 0.829 bits per heavy atom. The van der Waals surface area contributed by atoms with Gasteiger partial charge in [0.25, 0.3) is 5.91 Å². The largest absolute Gasteiger partial charge is 0.497 e. The molecule has 1 unspecified atom stereocenters. The lowest BCUT2D eigenvalue weighted by Crippen LogP contribution is -2.28. The van der Waals surface area contributed by atoms with E-state index in [2.05, 4.69) is 12.1 Å². The number of hydrogen-bond acceptors (Lipinski definition) is 5. The molecule has 1 amide bonds. The number of para-hydroxylation sites is 1. The van der Waals surface area contributed by atoms with Crippen LogP contribution in [0.15, 0.2) is 84.9 Å². The summed E-state index contributed by atoms with van der Waals surface area (Å²) in [6.45, 7) is 0. The molecule has 0 aromatic heterocycles. The van der Waals surface area contributed by atoms with Crippen molar-refractivity contribution in [2.45, 2.75) is 6.04 Å². The second-order valence-electron chi connectivity index (χ2n) is 8.10. The molecule has 0 saturated heterocycles. The van der Waals surface area contributed by atoms with E-state index in [0.29, 0.717) is 22.6 Å². The second-order valence-corrected chi connectivity index (χ2v) is 8.10. The number of rotatable bonds is 4. The zero-order chi connectivity index (χ0) is 24.5. The van der Waals surface area contributed by atoms with E-state index in [0.717, 1.165) is 11.1 Å². The van der Waals surface area contributed by atoms with Gasteiger partial charge in [0, 0.05) is 16.8 Å². The van der Waals surface area contributed by atoms with Crippen molar-refractivity contribution in [1.82, 2.24) is 0 Å². The van der Waals surface area contributed by atoms with Crippen molar-refractivity contribution >= 4 is 17.3 Å². The number of benzene rings is 4. The van der Waals surface area contributed by atoms with Gasteiger partial charge in [-0.25, -0.2) is 0 Å². The van der Waals surface area contributed by atoms with Crippen LogP contribution in [0.2, 0.25) is 0 Å². The molecule has 168 valence electrons. The molecule has 1 heterocycles. The highest BCUT2D eigenvalue weighted by molar-refractivity contribution is 6.16. The summed E-state index contributed by atoms with van der Waals surface area (Å²) in [5, 5.41) is 20.2. The second kappa shape index (κ2) is 8.70. The zero-order valence-electron chi connectivity index (χ0n) is 18.9. The standard InChI is InChI=1S/C29H20N4O2/c1-35-21-14-12-19(13-15-21)28-26-24(18-8-4-2-5-9-18)22(16-30)27(32)23(17-31)25(26)29(34)33(28)20-10-6-3-7-11-20/h2-15,28H,32H2,1H3. The van der Waals surface area contributed by atoms with E-state index in [1.165, 1.54) is 0 Å². The van der Waals surface area contributed by atoms with Crippen molar-refractivity contribution in [3.63, 3.8) is 0 Å². The minimum atomic E-state index is -0.583. The van der Waals surface area contributed by atoms with Gasteiger partial charge < -0.3 is 10.5 Å². The molecule has 1 aliphatic heterocycles. The van der Waals surface area contributed by atoms with Crippen LogP contribution in [0.1, 0.15) is 38.7 Å². The Hall–Kier alpha value is -5.07. The van der Waals surface area contributed by atoms with Gasteiger partial charge in [-0.3, -0.25) is 9.69 Å². The summed E-state index contributed by atoms with van der Waals surface area (Å²) in [5.74, 6) is 0.345. The Kier molecular flexibility index (Phi) is 5.41. The number of nitrogen functional groups attached to an aromatic ring is 1. The molecule has 5 rings (SSSR count). The van der Waals surface area contributed by atoms with Crippen LogP contribution in [0, 0.1) is 22.7 Å². The maximum absolute atomic E-state index is 14.0. The van der Waals surface area contributed by atoms with Gasteiger partial charge in [-0.05, 0) is 35.4 Å². The summed E-state index contributed by atoms with van der Waals surface area (Å²) in [6.07, 6.45) is 0. The Bertz CT molecular complexity index is 1520. The maximum atomic E-state index is 14.0. The average Bonchev–Trinajstić information content (AvgIpc) is 3.21. The number of carbonyl (C=O) groups excluding carboxylic acids is 1. The van der Waals surface area contributed by atoms with Crippen LogP contribution in [0.4, 0.5) is 11.4 Å². The number of anilines is 2. The number of amides is 1. The first-order valence-corrected chi connectivity index (χ1v) is 11.0. The summed E-state index contributed by atoms with van der Waals surface area (Å²) in [6, 6.07) is 29.8. The Morgan fingerprint density at radius 2 is 1.40 bits per heavy atom. The number of hydrogen-bond donors (Lipinski definition) is 1. The number of methoxy groups -OCH3 is 1. The highest BCUT2D eigenvalue weighted by Gasteiger charge is 2.44. The smallest absolute Gasteiger partial charge is 0.260 e. The minimum Gasteiger partial charge on any atom is -0.497 e.